The van der Waals surface area contributed by atoms with Crippen LogP contribution in [-0.2, 0) is 11.2 Å². The van der Waals surface area contributed by atoms with Crippen LogP contribution >= 0.6 is 0 Å². The molecule has 0 atom stereocenters. The summed E-state index contributed by atoms with van der Waals surface area (Å²) in [5.41, 5.74) is 0.783. The highest BCUT2D eigenvalue weighted by Gasteiger charge is 2.09. The summed E-state index contributed by atoms with van der Waals surface area (Å²) in [4.78, 5) is 19.9. The van der Waals surface area contributed by atoms with Crippen molar-refractivity contribution in [3.05, 3.63) is 60.4 Å². The minimum atomic E-state index is -0.358. The molecule has 3 rings (SSSR count). The standard InChI is InChI=1S/C17H15FN4O3/c18-13-1-3-14(4-2-13)24-11-16(23)20-10-7-15-21-17(25-22-15)12-5-8-19-9-6-12/h1-6,8-9H,7,10-11H2,(H,20,23). The molecular weight excluding hydrogens is 327 g/mol. The molecule has 2 aromatic heterocycles. The fourth-order valence-electron chi connectivity index (χ4n) is 2.01. The smallest absolute Gasteiger partial charge is 0.258 e. The van der Waals surface area contributed by atoms with Gasteiger partial charge in [-0.25, -0.2) is 4.39 Å². The highest BCUT2D eigenvalue weighted by atomic mass is 19.1. The van der Waals surface area contributed by atoms with E-state index in [-0.39, 0.29) is 18.3 Å². The van der Waals surface area contributed by atoms with Crippen LogP contribution < -0.4 is 10.1 Å². The van der Waals surface area contributed by atoms with E-state index in [0.29, 0.717) is 30.4 Å². The average molecular weight is 342 g/mol. The Morgan fingerprint density at radius 2 is 1.92 bits per heavy atom. The second kappa shape index (κ2) is 8.00. The Bertz CT molecular complexity index is 821. The van der Waals surface area contributed by atoms with Gasteiger partial charge in [-0.2, -0.15) is 4.98 Å². The van der Waals surface area contributed by atoms with E-state index in [2.05, 4.69) is 20.4 Å². The summed E-state index contributed by atoms with van der Waals surface area (Å²) in [7, 11) is 0. The lowest BCUT2D eigenvalue weighted by atomic mass is 10.3. The van der Waals surface area contributed by atoms with Crippen molar-refractivity contribution >= 4 is 5.91 Å². The van der Waals surface area contributed by atoms with Crippen LogP contribution in [0.4, 0.5) is 4.39 Å². The fraction of sp³-hybridized carbons (Fsp3) is 0.176. The first-order valence-electron chi connectivity index (χ1n) is 7.59. The number of aromatic nitrogens is 3. The zero-order valence-corrected chi connectivity index (χ0v) is 13.2. The van der Waals surface area contributed by atoms with Gasteiger partial charge in [-0.05, 0) is 36.4 Å². The van der Waals surface area contributed by atoms with E-state index >= 15 is 0 Å². The average Bonchev–Trinajstić information content (AvgIpc) is 3.11. The van der Waals surface area contributed by atoms with Gasteiger partial charge in [0.25, 0.3) is 11.8 Å². The Balaban J connectivity index is 1.41. The van der Waals surface area contributed by atoms with Gasteiger partial charge in [-0.1, -0.05) is 5.16 Å². The first kappa shape index (κ1) is 16.6. The van der Waals surface area contributed by atoms with Gasteiger partial charge in [0.05, 0.1) is 0 Å². The SMILES string of the molecule is O=C(COc1ccc(F)cc1)NCCc1noc(-c2ccncc2)n1. The van der Waals surface area contributed by atoms with Crippen molar-refractivity contribution in [3.8, 4) is 17.2 Å². The lowest BCUT2D eigenvalue weighted by Gasteiger charge is -2.06. The molecule has 2 heterocycles. The zero-order chi connectivity index (χ0) is 17.5. The quantitative estimate of drug-likeness (QED) is 0.706. The second-order valence-electron chi connectivity index (χ2n) is 5.09. The maximum atomic E-state index is 12.8. The summed E-state index contributed by atoms with van der Waals surface area (Å²) in [6.07, 6.45) is 3.71. The molecule has 0 fully saturated rings. The van der Waals surface area contributed by atoms with Crippen molar-refractivity contribution in [3.63, 3.8) is 0 Å². The van der Waals surface area contributed by atoms with E-state index in [1.807, 2.05) is 0 Å². The highest BCUT2D eigenvalue weighted by Crippen LogP contribution is 2.15. The van der Waals surface area contributed by atoms with Gasteiger partial charge in [0.15, 0.2) is 12.4 Å². The normalized spacial score (nSPS) is 10.4. The topological polar surface area (TPSA) is 90.1 Å². The largest absolute Gasteiger partial charge is 0.484 e. The molecule has 128 valence electrons. The molecule has 0 radical (unpaired) electrons. The number of hydrogen-bond donors (Lipinski definition) is 1. The van der Waals surface area contributed by atoms with Gasteiger partial charge in [0.1, 0.15) is 11.6 Å². The Kier molecular flexibility index (Phi) is 5.30. The maximum Gasteiger partial charge on any atom is 0.258 e. The van der Waals surface area contributed by atoms with Gasteiger partial charge in [0, 0.05) is 30.9 Å². The van der Waals surface area contributed by atoms with Crippen molar-refractivity contribution in [2.24, 2.45) is 0 Å². The van der Waals surface area contributed by atoms with Gasteiger partial charge < -0.3 is 14.6 Å². The number of benzene rings is 1. The van der Waals surface area contributed by atoms with Gasteiger partial charge in [-0.15, -0.1) is 0 Å². The second-order valence-corrected chi connectivity index (χ2v) is 5.09. The van der Waals surface area contributed by atoms with Crippen LogP contribution in [0, 0.1) is 5.82 Å². The number of ether oxygens (including phenoxy) is 1. The molecule has 0 aliphatic heterocycles. The van der Waals surface area contributed by atoms with E-state index < -0.39 is 0 Å². The number of amides is 1. The zero-order valence-electron chi connectivity index (χ0n) is 13.2. The lowest BCUT2D eigenvalue weighted by Crippen LogP contribution is -2.30. The molecule has 0 unspecified atom stereocenters. The van der Waals surface area contributed by atoms with E-state index in [4.69, 9.17) is 9.26 Å². The summed E-state index contributed by atoms with van der Waals surface area (Å²) in [6.45, 7) is 0.196. The number of hydrogen-bond acceptors (Lipinski definition) is 6. The van der Waals surface area contributed by atoms with E-state index in [1.54, 1.807) is 24.5 Å². The fourth-order valence-corrected chi connectivity index (χ4v) is 2.01. The van der Waals surface area contributed by atoms with E-state index in [9.17, 15) is 9.18 Å². The van der Waals surface area contributed by atoms with Crippen molar-refractivity contribution in [2.75, 3.05) is 13.2 Å². The van der Waals surface area contributed by atoms with Crippen LogP contribution in [0.15, 0.2) is 53.3 Å². The van der Waals surface area contributed by atoms with Gasteiger partial charge >= 0.3 is 0 Å². The Hall–Kier alpha value is -3.29. The third-order valence-corrected chi connectivity index (χ3v) is 3.25. The lowest BCUT2D eigenvalue weighted by molar-refractivity contribution is -0.123. The number of carbonyl (C=O) groups is 1. The summed E-state index contributed by atoms with van der Waals surface area (Å²) in [6, 6.07) is 9.00. The molecule has 1 aromatic carbocycles. The van der Waals surface area contributed by atoms with E-state index in [1.165, 1.54) is 24.3 Å². The molecule has 25 heavy (non-hydrogen) atoms. The predicted molar refractivity (Wildman–Crippen MR) is 86.1 cm³/mol. The van der Waals surface area contributed by atoms with Crippen LogP contribution in [0.5, 0.6) is 5.75 Å². The number of rotatable bonds is 7. The Morgan fingerprint density at radius 3 is 2.68 bits per heavy atom. The number of carbonyl (C=O) groups excluding carboxylic acids is 1. The van der Waals surface area contributed by atoms with Crippen LogP contribution in [-0.4, -0.2) is 34.2 Å². The van der Waals surface area contributed by atoms with E-state index in [0.717, 1.165) is 5.56 Å². The summed E-state index contributed by atoms with van der Waals surface area (Å²) in [5.74, 6) is 0.678. The van der Waals surface area contributed by atoms with Crippen LogP contribution in [0.3, 0.4) is 0 Å². The third-order valence-electron chi connectivity index (χ3n) is 3.25. The monoisotopic (exact) mass is 342 g/mol. The molecule has 8 heteroatoms. The number of nitrogens with one attached hydrogen (secondary N) is 1. The Morgan fingerprint density at radius 1 is 1.16 bits per heavy atom. The maximum absolute atomic E-state index is 12.8. The predicted octanol–water partition coefficient (Wildman–Crippen LogP) is 2.01. The minimum absolute atomic E-state index is 0.153. The van der Waals surface area contributed by atoms with Crippen molar-refractivity contribution in [2.45, 2.75) is 6.42 Å². The molecular formula is C17H15FN4O3. The molecule has 1 N–H and O–H groups in total. The first-order chi connectivity index (χ1) is 12.2. The minimum Gasteiger partial charge on any atom is -0.484 e. The molecule has 7 nitrogen and oxygen atoms in total. The van der Waals surface area contributed by atoms with Crippen LogP contribution in [0.2, 0.25) is 0 Å². The molecule has 0 spiro atoms. The van der Waals surface area contributed by atoms with Crippen molar-refractivity contribution in [1.82, 2.24) is 20.4 Å². The first-order valence-corrected chi connectivity index (χ1v) is 7.59. The number of pyridine rings is 1. The molecule has 0 aliphatic rings. The van der Waals surface area contributed by atoms with Gasteiger partial charge in [-0.3, -0.25) is 9.78 Å². The molecule has 0 aliphatic carbocycles. The summed E-state index contributed by atoms with van der Waals surface area (Å²) in [5, 5.41) is 6.56. The number of nitrogens with zero attached hydrogens (tertiary/aromatic N) is 3. The van der Waals surface area contributed by atoms with Crippen molar-refractivity contribution < 1.29 is 18.4 Å². The third kappa shape index (κ3) is 4.84. The Labute approximate surface area is 142 Å². The van der Waals surface area contributed by atoms with Crippen molar-refractivity contribution in [1.29, 1.82) is 0 Å². The summed E-state index contributed by atoms with van der Waals surface area (Å²) >= 11 is 0. The van der Waals surface area contributed by atoms with Crippen LogP contribution in [0.1, 0.15) is 5.82 Å². The molecule has 3 aromatic rings. The molecule has 0 bridgehead atoms. The number of halogens is 1. The summed E-state index contributed by atoms with van der Waals surface area (Å²) < 4.78 is 23.2. The molecule has 0 saturated heterocycles. The highest BCUT2D eigenvalue weighted by molar-refractivity contribution is 5.77. The van der Waals surface area contributed by atoms with Gasteiger partial charge in [0.2, 0.25) is 0 Å². The van der Waals surface area contributed by atoms with Crippen LogP contribution in [0.25, 0.3) is 11.5 Å². The molecule has 0 saturated carbocycles. The molecule has 1 amide bonds.